The zero-order valence-corrected chi connectivity index (χ0v) is 34.1. The first-order valence-electron chi connectivity index (χ1n) is 19.2. The predicted molar refractivity (Wildman–Crippen MR) is 218 cm³/mol. The Balaban J connectivity index is 1.55. The molecular formula is C44H60N3O5S+. The van der Waals surface area contributed by atoms with Gasteiger partial charge in [-0.15, -0.1) is 4.33 Å². The van der Waals surface area contributed by atoms with Gasteiger partial charge in [0, 0.05) is 72.3 Å². The minimum Gasteiger partial charge on any atom is -0.443 e. The summed E-state index contributed by atoms with van der Waals surface area (Å²) in [7, 11) is 1.84. The second-order valence-electron chi connectivity index (χ2n) is 16.3. The van der Waals surface area contributed by atoms with Crippen LogP contribution in [0.5, 0.6) is 0 Å². The first-order valence-corrected chi connectivity index (χ1v) is 20.1. The first kappa shape index (κ1) is 40.6. The molecule has 0 fully saturated rings. The summed E-state index contributed by atoms with van der Waals surface area (Å²) >= 11 is 1.10. The van der Waals surface area contributed by atoms with Gasteiger partial charge in [0.15, 0.2) is 5.71 Å². The monoisotopic (exact) mass is 742 g/mol. The fourth-order valence-corrected chi connectivity index (χ4v) is 8.45. The number of likely N-dealkylation sites (N-methyl/N-ethyl adjacent to an activating group) is 1. The van der Waals surface area contributed by atoms with Gasteiger partial charge in [-0.2, -0.15) is 4.58 Å². The van der Waals surface area contributed by atoms with Crippen molar-refractivity contribution in [2.75, 3.05) is 30.8 Å². The lowest BCUT2D eigenvalue weighted by Crippen LogP contribution is -2.34. The van der Waals surface area contributed by atoms with Gasteiger partial charge >= 0.3 is 6.09 Å². The van der Waals surface area contributed by atoms with Crippen molar-refractivity contribution in [1.82, 2.24) is 4.90 Å². The smallest absolute Gasteiger partial charge is 0.414 e. The molecule has 1 N–H and O–H groups in total. The van der Waals surface area contributed by atoms with E-state index in [1.54, 1.807) is 4.90 Å². The van der Waals surface area contributed by atoms with Gasteiger partial charge in [0.1, 0.15) is 12.1 Å². The minimum absolute atomic E-state index is 0.149. The van der Waals surface area contributed by atoms with Crippen LogP contribution < -0.4 is 4.90 Å². The summed E-state index contributed by atoms with van der Waals surface area (Å²) in [6, 6.07) is 17.4. The van der Waals surface area contributed by atoms with Gasteiger partial charge in [-0.25, -0.2) is 10.1 Å². The van der Waals surface area contributed by atoms with Crippen LogP contribution in [0, 0.1) is 0 Å². The van der Waals surface area contributed by atoms with E-state index in [0.717, 1.165) is 74.1 Å². The van der Waals surface area contributed by atoms with Crippen LogP contribution in [0.1, 0.15) is 111 Å². The Kier molecular flexibility index (Phi) is 13.2. The molecule has 53 heavy (non-hydrogen) atoms. The van der Waals surface area contributed by atoms with Crippen LogP contribution in [0.2, 0.25) is 0 Å². The zero-order chi connectivity index (χ0) is 38.4. The lowest BCUT2D eigenvalue weighted by Gasteiger charge is -2.28. The van der Waals surface area contributed by atoms with Gasteiger partial charge in [-0.05, 0) is 95.6 Å². The highest BCUT2D eigenvalue weighted by Gasteiger charge is 2.44. The third-order valence-electron chi connectivity index (χ3n) is 10.7. The molecule has 0 bridgehead atoms. The normalized spacial score (nSPS) is 19.2. The van der Waals surface area contributed by atoms with Gasteiger partial charge in [0.2, 0.25) is 5.69 Å². The highest BCUT2D eigenvalue weighted by Crippen LogP contribution is 2.48. The number of carbonyl (C=O) groups excluding carboxylic acids is 1. The maximum atomic E-state index is 13.7. The molecule has 286 valence electrons. The molecule has 0 aromatic heterocycles. The summed E-state index contributed by atoms with van der Waals surface area (Å²) < 4.78 is 13.0. The summed E-state index contributed by atoms with van der Waals surface area (Å²) in [5, 5.41) is 12.2. The maximum Gasteiger partial charge on any atom is 0.414 e. The quantitative estimate of drug-likeness (QED) is 0.0640. The van der Waals surface area contributed by atoms with E-state index in [0.29, 0.717) is 5.75 Å². The van der Waals surface area contributed by atoms with Crippen LogP contribution in [-0.4, -0.2) is 58.0 Å². The molecule has 0 saturated carbocycles. The molecule has 0 unspecified atom stereocenters. The molecule has 8 nitrogen and oxygen atoms in total. The highest BCUT2D eigenvalue weighted by atomic mass is 32.2. The molecule has 3 aliphatic rings. The van der Waals surface area contributed by atoms with E-state index in [2.05, 4.69) is 126 Å². The predicted octanol–water partition coefficient (Wildman–Crippen LogP) is 11.2. The average Bonchev–Trinajstić information content (AvgIpc) is 3.68. The standard InChI is InChI=1S/C44H59N3O5S/c1-10-11-16-29-46-36-21-14-12-19-34(36)43(5,6)38(46)27-25-32-23-24-33(40(32)45(9)41(48)50-42(2,3)4)26-28-39-44(7,8)35-20-13-15-22-37(35)47(39)30-17-18-31-53-52-51-49/h12-15,19-22,25-28H,10-11,16-18,23-24,29-31H2,1-9H3/p+1. The summed E-state index contributed by atoms with van der Waals surface area (Å²) in [6.07, 6.45) is 15.7. The minimum atomic E-state index is -0.614. The number of hydrogen-bond acceptors (Lipinski definition) is 7. The molecule has 2 aliphatic heterocycles. The summed E-state index contributed by atoms with van der Waals surface area (Å²) in [6.45, 7) is 19.0. The number of para-hydroxylation sites is 2. The summed E-state index contributed by atoms with van der Waals surface area (Å²) in [5.41, 5.74) is 9.88. The Morgan fingerprint density at radius 2 is 1.66 bits per heavy atom. The van der Waals surface area contributed by atoms with E-state index >= 15 is 0 Å². The zero-order valence-electron chi connectivity index (χ0n) is 33.3. The Morgan fingerprint density at radius 3 is 2.38 bits per heavy atom. The second-order valence-corrected chi connectivity index (χ2v) is 17.1. The van der Waals surface area contributed by atoms with E-state index in [9.17, 15) is 4.79 Å². The molecule has 1 amide bonds. The van der Waals surface area contributed by atoms with Gasteiger partial charge in [0.05, 0.1) is 11.1 Å². The highest BCUT2D eigenvalue weighted by molar-refractivity contribution is 7.94. The number of amides is 1. The van der Waals surface area contributed by atoms with E-state index in [1.165, 1.54) is 46.8 Å². The van der Waals surface area contributed by atoms with E-state index in [-0.39, 0.29) is 16.9 Å². The Labute approximate surface area is 322 Å². The molecule has 2 aromatic carbocycles. The van der Waals surface area contributed by atoms with E-state index in [1.807, 2.05) is 27.8 Å². The lowest BCUT2D eigenvalue weighted by atomic mass is 9.81. The number of allylic oxidation sites excluding steroid dienone is 7. The number of benzene rings is 2. The SMILES string of the molecule is CCCCC[N+]1=C(C=CC2=C(N(C)C(=O)OC(C)(C)C)C(=CC=C3N(CCCCSOOO)c4ccccc4C3(C)C)CC2)C(C)(C)c2ccccc21. The first-order chi connectivity index (χ1) is 25.2. The fourth-order valence-electron chi connectivity index (χ4n) is 8.02. The number of fused-ring (bicyclic) bond motifs is 2. The van der Waals surface area contributed by atoms with Gasteiger partial charge < -0.3 is 9.64 Å². The third-order valence-corrected chi connectivity index (χ3v) is 11.3. The number of nitrogens with zero attached hydrogens (tertiary/aromatic N) is 3. The maximum absolute atomic E-state index is 13.7. The van der Waals surface area contributed by atoms with Crippen molar-refractivity contribution in [2.24, 2.45) is 0 Å². The number of unbranched alkanes of at least 4 members (excludes halogenated alkanes) is 3. The van der Waals surface area contributed by atoms with Crippen molar-refractivity contribution < 1.29 is 28.7 Å². The largest absolute Gasteiger partial charge is 0.443 e. The molecule has 0 saturated heterocycles. The Hall–Kier alpha value is -3.63. The molecule has 5 rings (SSSR count). The molecule has 0 atom stereocenters. The van der Waals surface area contributed by atoms with Crippen LogP contribution in [0.25, 0.3) is 0 Å². The van der Waals surface area contributed by atoms with Crippen molar-refractivity contribution in [2.45, 2.75) is 117 Å². The van der Waals surface area contributed by atoms with E-state index < -0.39 is 5.60 Å². The fraction of sp³-hybridized carbons (Fsp3) is 0.500. The molecule has 9 heteroatoms. The van der Waals surface area contributed by atoms with Crippen molar-refractivity contribution in [3.05, 3.63) is 107 Å². The van der Waals surface area contributed by atoms with Gasteiger partial charge in [-0.3, -0.25) is 4.90 Å². The van der Waals surface area contributed by atoms with Crippen LogP contribution in [0.3, 0.4) is 0 Å². The van der Waals surface area contributed by atoms with Crippen molar-refractivity contribution >= 4 is 35.2 Å². The van der Waals surface area contributed by atoms with Gasteiger partial charge in [-0.1, -0.05) is 80.8 Å². The Morgan fingerprint density at radius 1 is 0.943 bits per heavy atom. The molecule has 0 radical (unpaired) electrons. The van der Waals surface area contributed by atoms with E-state index in [4.69, 9.17) is 9.99 Å². The second kappa shape index (κ2) is 17.2. The summed E-state index contributed by atoms with van der Waals surface area (Å²) in [5.74, 6) is 0.711. The van der Waals surface area contributed by atoms with Crippen LogP contribution in [0.4, 0.5) is 16.2 Å². The van der Waals surface area contributed by atoms with Crippen LogP contribution >= 0.6 is 12.0 Å². The molecule has 2 heterocycles. The number of anilines is 1. The van der Waals surface area contributed by atoms with Crippen LogP contribution in [-0.2, 0) is 24.9 Å². The molecular weight excluding hydrogens is 683 g/mol. The number of rotatable bonds is 15. The Bertz CT molecular complexity index is 1800. The average molecular weight is 743 g/mol. The molecule has 0 spiro atoms. The number of carbonyl (C=O) groups is 1. The molecule has 2 aromatic rings. The van der Waals surface area contributed by atoms with Crippen LogP contribution in [0.15, 0.2) is 95.4 Å². The topological polar surface area (TPSA) is 74.5 Å². The number of ether oxygens (including phenoxy) is 1. The van der Waals surface area contributed by atoms with Crippen molar-refractivity contribution in [1.29, 1.82) is 0 Å². The third kappa shape index (κ3) is 9.02. The summed E-state index contributed by atoms with van der Waals surface area (Å²) in [4.78, 5) is 17.8. The lowest BCUT2D eigenvalue weighted by molar-refractivity contribution is -0.438. The van der Waals surface area contributed by atoms with Crippen molar-refractivity contribution in [3.63, 3.8) is 0 Å². The van der Waals surface area contributed by atoms with Gasteiger partial charge in [0.25, 0.3) is 0 Å². The van der Waals surface area contributed by atoms with Crippen molar-refractivity contribution in [3.8, 4) is 0 Å². The number of hydrogen-bond donors (Lipinski definition) is 1. The molecule has 1 aliphatic carbocycles.